The third kappa shape index (κ3) is 14.3. The summed E-state index contributed by atoms with van der Waals surface area (Å²) in [6.45, 7) is 16.2. The molecule has 0 unspecified atom stereocenters. The summed E-state index contributed by atoms with van der Waals surface area (Å²) < 4.78 is 5.63. The Labute approximate surface area is 201 Å². The topological polar surface area (TPSA) is 104 Å². The highest BCUT2D eigenvalue weighted by Crippen LogP contribution is 2.24. The van der Waals surface area contributed by atoms with Crippen LogP contribution in [0, 0.1) is 23.2 Å². The highest BCUT2D eigenvalue weighted by Gasteiger charge is 2.28. The van der Waals surface area contributed by atoms with E-state index in [1.807, 2.05) is 27.7 Å². The van der Waals surface area contributed by atoms with E-state index in [0.29, 0.717) is 18.3 Å². The molecule has 0 aliphatic rings. The predicted molar refractivity (Wildman–Crippen MR) is 133 cm³/mol. The van der Waals surface area contributed by atoms with Crippen LogP contribution in [0.15, 0.2) is 23.8 Å². The van der Waals surface area contributed by atoms with Crippen molar-refractivity contribution in [3.8, 4) is 0 Å². The summed E-state index contributed by atoms with van der Waals surface area (Å²) in [5.74, 6) is -0.262. The smallest absolute Gasteiger partial charge is 0.311 e. The summed E-state index contributed by atoms with van der Waals surface area (Å²) in [7, 11) is 0. The van der Waals surface area contributed by atoms with E-state index in [1.54, 1.807) is 0 Å². The van der Waals surface area contributed by atoms with Crippen LogP contribution in [0.5, 0.6) is 0 Å². The molecule has 0 aromatic rings. The molecule has 0 aromatic heterocycles. The third-order valence-corrected chi connectivity index (χ3v) is 6.47. The molecule has 6 heteroatoms. The fourth-order valence-corrected chi connectivity index (χ4v) is 3.56. The van der Waals surface area contributed by atoms with Gasteiger partial charge in [-0.15, -0.1) is 0 Å². The number of esters is 1. The third-order valence-electron chi connectivity index (χ3n) is 6.47. The average molecular weight is 469 g/mol. The number of aliphatic carboxylic acids is 1. The summed E-state index contributed by atoms with van der Waals surface area (Å²) in [6, 6.07) is 0. The molecule has 0 aliphatic heterocycles. The SMILES string of the molecule is CCC(C)(C)C(=O)O[C@H](C)C[C@@H](C)/C=C(C)/C=C\[C@H](C)[C@@H](C)CC[C@@H](O)C[C@@H](O)CC(=O)O. The quantitative estimate of drug-likeness (QED) is 0.203. The van der Waals surface area contributed by atoms with Crippen molar-refractivity contribution in [1.29, 1.82) is 0 Å². The first kappa shape index (κ1) is 31.3. The van der Waals surface area contributed by atoms with Gasteiger partial charge in [0, 0.05) is 0 Å². The Balaban J connectivity index is 4.53. The van der Waals surface area contributed by atoms with E-state index in [1.165, 1.54) is 0 Å². The van der Waals surface area contributed by atoms with Gasteiger partial charge in [-0.05, 0) is 77.6 Å². The van der Waals surface area contributed by atoms with Gasteiger partial charge in [0.2, 0.25) is 0 Å². The van der Waals surface area contributed by atoms with Crippen LogP contribution < -0.4 is 0 Å². The molecule has 33 heavy (non-hydrogen) atoms. The Morgan fingerprint density at radius 3 is 2.15 bits per heavy atom. The van der Waals surface area contributed by atoms with Gasteiger partial charge in [0.1, 0.15) is 0 Å². The van der Waals surface area contributed by atoms with Gasteiger partial charge in [0.15, 0.2) is 0 Å². The first-order valence-electron chi connectivity index (χ1n) is 12.3. The second kappa shape index (κ2) is 15.3. The van der Waals surface area contributed by atoms with Gasteiger partial charge in [0.05, 0.1) is 30.1 Å². The number of carbonyl (C=O) groups excluding carboxylic acids is 1. The minimum Gasteiger partial charge on any atom is -0.481 e. The van der Waals surface area contributed by atoms with Crippen LogP contribution in [0.25, 0.3) is 0 Å². The molecule has 0 spiro atoms. The average Bonchev–Trinajstić information content (AvgIpc) is 2.68. The molecule has 0 saturated carbocycles. The van der Waals surface area contributed by atoms with Crippen molar-refractivity contribution < 1.29 is 29.6 Å². The molecule has 192 valence electrons. The zero-order chi connectivity index (χ0) is 25.8. The van der Waals surface area contributed by atoms with Crippen molar-refractivity contribution in [1.82, 2.24) is 0 Å². The van der Waals surface area contributed by atoms with E-state index in [-0.39, 0.29) is 30.8 Å². The van der Waals surface area contributed by atoms with Gasteiger partial charge >= 0.3 is 11.9 Å². The van der Waals surface area contributed by atoms with Crippen LogP contribution in [0.3, 0.4) is 0 Å². The van der Waals surface area contributed by atoms with Crippen molar-refractivity contribution in [2.75, 3.05) is 0 Å². The molecule has 0 amide bonds. The zero-order valence-corrected chi connectivity index (χ0v) is 22.0. The van der Waals surface area contributed by atoms with E-state index in [4.69, 9.17) is 9.84 Å². The Morgan fingerprint density at radius 2 is 1.61 bits per heavy atom. The van der Waals surface area contributed by atoms with Crippen molar-refractivity contribution in [3.05, 3.63) is 23.8 Å². The number of allylic oxidation sites excluding steroid dienone is 4. The van der Waals surface area contributed by atoms with Gasteiger partial charge in [0.25, 0.3) is 0 Å². The van der Waals surface area contributed by atoms with E-state index in [2.05, 4.69) is 45.9 Å². The normalized spacial score (nSPS) is 18.4. The van der Waals surface area contributed by atoms with Crippen molar-refractivity contribution in [2.45, 2.75) is 112 Å². The van der Waals surface area contributed by atoms with Gasteiger partial charge in [-0.1, -0.05) is 51.5 Å². The fourth-order valence-electron chi connectivity index (χ4n) is 3.56. The molecule has 0 bridgehead atoms. The van der Waals surface area contributed by atoms with Gasteiger partial charge in [-0.25, -0.2) is 0 Å². The first-order chi connectivity index (χ1) is 15.2. The number of aliphatic hydroxyl groups is 2. The van der Waals surface area contributed by atoms with Gasteiger partial charge in [-0.2, -0.15) is 0 Å². The maximum atomic E-state index is 12.2. The van der Waals surface area contributed by atoms with Crippen LogP contribution in [-0.4, -0.2) is 45.6 Å². The Hall–Kier alpha value is -1.66. The summed E-state index contributed by atoms with van der Waals surface area (Å²) in [5.41, 5.74) is 0.707. The number of carboxylic acid groups (broad SMARTS) is 1. The largest absolute Gasteiger partial charge is 0.481 e. The molecule has 6 nitrogen and oxygen atoms in total. The Morgan fingerprint density at radius 1 is 1.00 bits per heavy atom. The van der Waals surface area contributed by atoms with E-state index >= 15 is 0 Å². The number of ether oxygens (including phenoxy) is 1. The Bertz CT molecular complexity index is 651. The molecule has 3 N–H and O–H groups in total. The monoisotopic (exact) mass is 468 g/mol. The number of aliphatic hydroxyl groups excluding tert-OH is 2. The van der Waals surface area contributed by atoms with Crippen LogP contribution in [0.4, 0.5) is 0 Å². The molecular weight excluding hydrogens is 420 g/mol. The number of carboxylic acids is 1. The summed E-state index contributed by atoms with van der Waals surface area (Å²) in [6.07, 6.45) is 7.24. The predicted octanol–water partition coefficient (Wildman–Crippen LogP) is 5.52. The lowest BCUT2D eigenvalue weighted by atomic mass is 9.89. The van der Waals surface area contributed by atoms with Crippen LogP contribution in [-0.2, 0) is 14.3 Å². The lowest BCUT2D eigenvalue weighted by molar-refractivity contribution is -0.159. The summed E-state index contributed by atoms with van der Waals surface area (Å²) >= 11 is 0. The zero-order valence-electron chi connectivity index (χ0n) is 22.0. The lowest BCUT2D eigenvalue weighted by Crippen LogP contribution is -2.29. The van der Waals surface area contributed by atoms with Gasteiger partial charge < -0.3 is 20.1 Å². The van der Waals surface area contributed by atoms with Crippen molar-refractivity contribution in [3.63, 3.8) is 0 Å². The van der Waals surface area contributed by atoms with Crippen LogP contribution in [0.2, 0.25) is 0 Å². The first-order valence-corrected chi connectivity index (χ1v) is 12.3. The van der Waals surface area contributed by atoms with E-state index < -0.39 is 23.6 Å². The maximum absolute atomic E-state index is 12.2. The van der Waals surface area contributed by atoms with Crippen LogP contribution in [0.1, 0.15) is 93.9 Å². The second-order valence-electron chi connectivity index (χ2n) is 10.5. The van der Waals surface area contributed by atoms with E-state index in [9.17, 15) is 19.8 Å². The second-order valence-corrected chi connectivity index (χ2v) is 10.5. The molecule has 0 aromatic carbocycles. The molecule has 0 saturated heterocycles. The minimum absolute atomic E-state index is 0.0899. The standard InChI is InChI=1S/C27H48O6/c1-9-27(7,8)26(32)33-22(6)15-19(3)14-18(2)10-11-20(4)21(5)12-13-23(28)16-24(29)17-25(30)31/h10-11,14,19-24,28-29H,9,12-13,15-17H2,1-8H3,(H,30,31)/b11-10-,18-14+/t19-,20-,21-,22+,23+,24+/m0/s1. The Kier molecular flexibility index (Phi) is 14.5. The molecule has 6 atom stereocenters. The summed E-state index contributed by atoms with van der Waals surface area (Å²) in [4.78, 5) is 22.8. The maximum Gasteiger partial charge on any atom is 0.311 e. The van der Waals surface area contributed by atoms with E-state index in [0.717, 1.165) is 24.8 Å². The number of hydrogen-bond donors (Lipinski definition) is 3. The molecule has 0 heterocycles. The lowest BCUT2D eigenvalue weighted by Gasteiger charge is -2.24. The van der Waals surface area contributed by atoms with Crippen molar-refractivity contribution in [2.24, 2.45) is 23.2 Å². The molecule has 0 radical (unpaired) electrons. The molecule has 0 rings (SSSR count). The fraction of sp³-hybridized carbons (Fsp3) is 0.778. The highest BCUT2D eigenvalue weighted by molar-refractivity contribution is 5.75. The highest BCUT2D eigenvalue weighted by atomic mass is 16.5. The number of carbonyl (C=O) groups is 2. The minimum atomic E-state index is -1.06. The molecule has 0 aliphatic carbocycles. The summed E-state index contributed by atoms with van der Waals surface area (Å²) in [5, 5.41) is 28.4. The number of hydrogen-bond acceptors (Lipinski definition) is 5. The molecular formula is C27H48O6. The number of rotatable bonds is 16. The van der Waals surface area contributed by atoms with Gasteiger partial charge in [-0.3, -0.25) is 9.59 Å². The molecule has 0 fully saturated rings. The van der Waals surface area contributed by atoms with Crippen molar-refractivity contribution >= 4 is 11.9 Å². The van der Waals surface area contributed by atoms with Crippen LogP contribution >= 0.6 is 0 Å².